The van der Waals surface area contributed by atoms with Crippen LogP contribution in [-0.4, -0.2) is 16.2 Å². The molecule has 1 unspecified atom stereocenters. The summed E-state index contributed by atoms with van der Waals surface area (Å²) < 4.78 is 5.09. The minimum atomic E-state index is -1.41. The molecule has 0 spiro atoms. The maximum atomic E-state index is 10.9. The van der Waals surface area contributed by atoms with Gasteiger partial charge in [0.15, 0.2) is 11.4 Å². The third kappa shape index (κ3) is 1.64. The Labute approximate surface area is 95.8 Å². The van der Waals surface area contributed by atoms with Gasteiger partial charge in [-0.15, -0.1) is 11.3 Å². The molecule has 2 heterocycles. The summed E-state index contributed by atoms with van der Waals surface area (Å²) in [5.74, 6) is -1.05. The van der Waals surface area contributed by atoms with Crippen LogP contribution < -0.4 is 0 Å². The largest absolute Gasteiger partial charge is 0.478 e. The molecule has 4 nitrogen and oxygen atoms in total. The summed E-state index contributed by atoms with van der Waals surface area (Å²) in [5, 5.41) is 21.1. The maximum absolute atomic E-state index is 10.9. The second-order valence-corrected chi connectivity index (χ2v) is 4.47. The van der Waals surface area contributed by atoms with Gasteiger partial charge in [-0.05, 0) is 24.4 Å². The molecule has 16 heavy (non-hydrogen) atoms. The predicted molar refractivity (Wildman–Crippen MR) is 58.7 cm³/mol. The molecule has 0 radical (unpaired) electrons. The standard InChI is InChI=1S/C11H10O4S/c1-11(14,8-3-2-6-16-8)9-7(10(12)13)4-5-15-9/h2-6,14H,1H3,(H,12,13). The van der Waals surface area contributed by atoms with Crippen molar-refractivity contribution < 1.29 is 19.4 Å². The fourth-order valence-corrected chi connectivity index (χ4v) is 2.31. The van der Waals surface area contributed by atoms with Gasteiger partial charge in [-0.25, -0.2) is 4.79 Å². The molecule has 0 aliphatic carbocycles. The second kappa shape index (κ2) is 3.77. The maximum Gasteiger partial charge on any atom is 0.339 e. The number of rotatable bonds is 3. The van der Waals surface area contributed by atoms with E-state index < -0.39 is 11.6 Å². The minimum absolute atomic E-state index is 0.0154. The first kappa shape index (κ1) is 10.9. The number of carboxylic acid groups (broad SMARTS) is 1. The van der Waals surface area contributed by atoms with Gasteiger partial charge < -0.3 is 14.6 Å². The molecule has 0 aliphatic heterocycles. The molecule has 0 aliphatic rings. The zero-order valence-electron chi connectivity index (χ0n) is 8.51. The highest BCUT2D eigenvalue weighted by atomic mass is 32.1. The first-order chi connectivity index (χ1) is 7.53. The van der Waals surface area contributed by atoms with Crippen LogP contribution in [0.5, 0.6) is 0 Å². The second-order valence-electron chi connectivity index (χ2n) is 3.52. The van der Waals surface area contributed by atoms with Crippen molar-refractivity contribution in [3.63, 3.8) is 0 Å². The van der Waals surface area contributed by atoms with Crippen LogP contribution in [-0.2, 0) is 5.60 Å². The normalized spacial score (nSPS) is 14.6. The topological polar surface area (TPSA) is 70.7 Å². The lowest BCUT2D eigenvalue weighted by atomic mass is 9.98. The molecule has 2 rings (SSSR count). The van der Waals surface area contributed by atoms with Crippen molar-refractivity contribution in [3.8, 4) is 0 Å². The Hall–Kier alpha value is -1.59. The summed E-state index contributed by atoms with van der Waals surface area (Å²) in [6, 6.07) is 4.86. The van der Waals surface area contributed by atoms with E-state index in [-0.39, 0.29) is 11.3 Å². The highest BCUT2D eigenvalue weighted by Gasteiger charge is 2.34. The predicted octanol–water partition coefficient (Wildman–Crippen LogP) is 2.30. The van der Waals surface area contributed by atoms with E-state index in [9.17, 15) is 9.90 Å². The number of furan rings is 1. The average Bonchev–Trinajstić information content (AvgIpc) is 2.89. The van der Waals surface area contributed by atoms with Gasteiger partial charge in [0.25, 0.3) is 0 Å². The number of thiophene rings is 1. The summed E-state index contributed by atoms with van der Waals surface area (Å²) in [6.07, 6.45) is 1.26. The molecule has 2 aromatic heterocycles. The summed E-state index contributed by atoms with van der Waals surface area (Å²) in [6.45, 7) is 1.52. The Balaban J connectivity index is 2.51. The fourth-order valence-electron chi connectivity index (χ4n) is 1.52. The fraction of sp³-hybridized carbons (Fsp3) is 0.182. The molecular weight excluding hydrogens is 228 g/mol. The number of aromatic carboxylic acids is 1. The van der Waals surface area contributed by atoms with E-state index >= 15 is 0 Å². The van der Waals surface area contributed by atoms with Crippen molar-refractivity contribution in [2.45, 2.75) is 12.5 Å². The van der Waals surface area contributed by atoms with Gasteiger partial charge in [0, 0.05) is 4.88 Å². The van der Waals surface area contributed by atoms with Gasteiger partial charge in [0.2, 0.25) is 0 Å². The zero-order chi connectivity index (χ0) is 11.8. The van der Waals surface area contributed by atoms with Crippen molar-refractivity contribution in [3.05, 3.63) is 46.0 Å². The molecule has 1 atom stereocenters. The van der Waals surface area contributed by atoms with Gasteiger partial charge in [-0.1, -0.05) is 6.07 Å². The SMILES string of the molecule is CC(O)(c1cccs1)c1occc1C(=O)O. The molecule has 0 aromatic carbocycles. The Bertz CT molecular complexity index is 496. The average molecular weight is 238 g/mol. The number of carboxylic acids is 1. The summed E-state index contributed by atoms with van der Waals surface area (Å²) in [7, 11) is 0. The molecule has 0 bridgehead atoms. The van der Waals surface area contributed by atoms with E-state index in [1.807, 2.05) is 5.38 Å². The number of carbonyl (C=O) groups is 1. The van der Waals surface area contributed by atoms with Crippen molar-refractivity contribution in [1.82, 2.24) is 0 Å². The Morgan fingerprint density at radius 2 is 2.25 bits per heavy atom. The monoisotopic (exact) mass is 238 g/mol. The van der Waals surface area contributed by atoms with Gasteiger partial charge >= 0.3 is 5.97 Å². The summed E-state index contributed by atoms with van der Waals surface area (Å²) in [5.41, 5.74) is -1.43. The lowest BCUT2D eigenvalue weighted by molar-refractivity contribution is 0.0626. The Morgan fingerprint density at radius 1 is 1.50 bits per heavy atom. The highest BCUT2D eigenvalue weighted by Crippen LogP contribution is 2.34. The minimum Gasteiger partial charge on any atom is -0.478 e. The lowest BCUT2D eigenvalue weighted by Gasteiger charge is -2.19. The number of aliphatic hydroxyl groups is 1. The zero-order valence-corrected chi connectivity index (χ0v) is 9.32. The Kier molecular flexibility index (Phi) is 2.57. The first-order valence-corrected chi connectivity index (χ1v) is 5.49. The van der Waals surface area contributed by atoms with Crippen molar-refractivity contribution in [2.24, 2.45) is 0 Å². The van der Waals surface area contributed by atoms with Gasteiger partial charge in [0.05, 0.1) is 6.26 Å². The van der Waals surface area contributed by atoms with Crippen LogP contribution in [0.1, 0.15) is 27.9 Å². The molecular formula is C11H10O4S. The molecule has 2 N–H and O–H groups in total. The van der Waals surface area contributed by atoms with Crippen molar-refractivity contribution in [2.75, 3.05) is 0 Å². The smallest absolute Gasteiger partial charge is 0.339 e. The lowest BCUT2D eigenvalue weighted by Crippen LogP contribution is -2.23. The quantitative estimate of drug-likeness (QED) is 0.860. The molecule has 0 amide bonds. The summed E-state index contributed by atoms with van der Waals surface area (Å²) >= 11 is 1.35. The van der Waals surface area contributed by atoms with Gasteiger partial charge in [0.1, 0.15) is 5.56 Å². The van der Waals surface area contributed by atoms with Crippen LogP contribution in [0, 0.1) is 0 Å². The number of hydrogen-bond donors (Lipinski definition) is 2. The van der Waals surface area contributed by atoms with E-state index in [1.54, 1.807) is 12.1 Å². The highest BCUT2D eigenvalue weighted by molar-refractivity contribution is 7.10. The molecule has 0 fully saturated rings. The van der Waals surface area contributed by atoms with Crippen molar-refractivity contribution in [1.29, 1.82) is 0 Å². The van der Waals surface area contributed by atoms with Crippen LogP contribution in [0.4, 0.5) is 0 Å². The molecule has 2 aromatic rings. The molecule has 0 saturated heterocycles. The van der Waals surface area contributed by atoms with E-state index in [0.717, 1.165) is 0 Å². The van der Waals surface area contributed by atoms with Crippen LogP contribution in [0.15, 0.2) is 34.3 Å². The summed E-state index contributed by atoms with van der Waals surface area (Å²) in [4.78, 5) is 11.6. The van der Waals surface area contributed by atoms with E-state index in [1.165, 1.54) is 30.6 Å². The molecule has 84 valence electrons. The van der Waals surface area contributed by atoms with E-state index in [2.05, 4.69) is 0 Å². The van der Waals surface area contributed by atoms with Gasteiger partial charge in [-0.3, -0.25) is 0 Å². The van der Waals surface area contributed by atoms with E-state index in [4.69, 9.17) is 9.52 Å². The third-order valence-corrected chi connectivity index (χ3v) is 3.42. The van der Waals surface area contributed by atoms with Crippen LogP contribution in [0.25, 0.3) is 0 Å². The van der Waals surface area contributed by atoms with Crippen LogP contribution in [0.2, 0.25) is 0 Å². The molecule has 0 saturated carbocycles. The molecule has 5 heteroatoms. The van der Waals surface area contributed by atoms with Gasteiger partial charge in [-0.2, -0.15) is 0 Å². The Morgan fingerprint density at radius 3 is 2.81 bits per heavy atom. The van der Waals surface area contributed by atoms with Crippen LogP contribution >= 0.6 is 11.3 Å². The van der Waals surface area contributed by atoms with E-state index in [0.29, 0.717) is 4.88 Å². The number of hydrogen-bond acceptors (Lipinski definition) is 4. The van der Waals surface area contributed by atoms with Crippen molar-refractivity contribution >= 4 is 17.3 Å². The third-order valence-electron chi connectivity index (χ3n) is 2.34. The first-order valence-electron chi connectivity index (χ1n) is 4.61. The van der Waals surface area contributed by atoms with Crippen LogP contribution in [0.3, 0.4) is 0 Å².